The number of ether oxygens (including phenoxy) is 1. The maximum atomic E-state index is 10.9. The van der Waals surface area contributed by atoms with Gasteiger partial charge in [0.2, 0.25) is 0 Å². The predicted octanol–water partition coefficient (Wildman–Crippen LogP) is 2.85. The second-order valence-corrected chi connectivity index (χ2v) is 5.28. The zero-order valence-corrected chi connectivity index (χ0v) is 12.3. The van der Waals surface area contributed by atoms with E-state index in [1.165, 1.54) is 12.1 Å². The minimum Gasteiger partial charge on any atom is -0.483 e. The van der Waals surface area contributed by atoms with E-state index in [2.05, 4.69) is 24.0 Å². The average molecular weight is 290 g/mol. The molecule has 0 atom stereocenters. The van der Waals surface area contributed by atoms with Crippen LogP contribution in [-0.2, 0) is 13.0 Å². The molecule has 1 heterocycles. The number of nitrogens with zero attached hydrogens (tertiary/aromatic N) is 2. The molecule has 1 aromatic heterocycles. The first-order valence-corrected chi connectivity index (χ1v) is 6.74. The Bertz CT molecular complexity index is 634. The first kappa shape index (κ1) is 15.0. The van der Waals surface area contributed by atoms with E-state index >= 15 is 0 Å². The van der Waals surface area contributed by atoms with E-state index in [0.717, 1.165) is 12.0 Å². The molecule has 0 fully saturated rings. The topological polar surface area (TPSA) is 85.5 Å². The van der Waals surface area contributed by atoms with Crippen LogP contribution in [0.2, 0.25) is 0 Å². The maximum Gasteiger partial charge on any atom is 0.335 e. The van der Waals surface area contributed by atoms with Crippen LogP contribution < -0.4 is 4.74 Å². The van der Waals surface area contributed by atoms with Gasteiger partial charge in [-0.1, -0.05) is 25.1 Å². The van der Waals surface area contributed by atoms with Gasteiger partial charge in [-0.05, 0) is 30.5 Å². The number of rotatable bonds is 6. The molecule has 6 nitrogen and oxygen atoms in total. The molecule has 2 rings (SSSR count). The van der Waals surface area contributed by atoms with Crippen LogP contribution in [0.3, 0.4) is 0 Å². The lowest BCUT2D eigenvalue weighted by Gasteiger charge is -2.07. The molecule has 6 heteroatoms. The van der Waals surface area contributed by atoms with Crippen molar-refractivity contribution in [2.24, 2.45) is 5.92 Å². The van der Waals surface area contributed by atoms with E-state index < -0.39 is 5.97 Å². The Labute approximate surface area is 122 Å². The van der Waals surface area contributed by atoms with Crippen LogP contribution in [0.25, 0.3) is 0 Å². The van der Waals surface area contributed by atoms with Crippen LogP contribution in [-0.4, -0.2) is 21.2 Å². The summed E-state index contributed by atoms with van der Waals surface area (Å²) < 4.78 is 10.7. The number of carboxylic acid groups (broad SMARTS) is 1. The average Bonchev–Trinajstić information content (AvgIpc) is 2.84. The molecular formula is C15H18N2O4. The molecule has 0 spiro atoms. The van der Waals surface area contributed by atoms with Crippen molar-refractivity contribution in [3.8, 4) is 5.75 Å². The monoisotopic (exact) mass is 290 g/mol. The minimum absolute atomic E-state index is 0.120. The van der Waals surface area contributed by atoms with Gasteiger partial charge < -0.3 is 14.4 Å². The lowest BCUT2D eigenvalue weighted by molar-refractivity contribution is 0.0696. The number of carboxylic acids is 1. The van der Waals surface area contributed by atoms with Crippen molar-refractivity contribution in [2.75, 3.05) is 0 Å². The van der Waals surface area contributed by atoms with Gasteiger partial charge in [0.25, 0.3) is 5.89 Å². The number of carbonyl (C=O) groups is 1. The van der Waals surface area contributed by atoms with Crippen LogP contribution >= 0.6 is 0 Å². The molecule has 0 aliphatic rings. The molecular weight excluding hydrogens is 272 g/mol. The van der Waals surface area contributed by atoms with Gasteiger partial charge in [-0.2, -0.15) is 4.98 Å². The number of aromatic nitrogens is 2. The van der Waals surface area contributed by atoms with Crippen molar-refractivity contribution in [3.05, 3.63) is 41.0 Å². The normalized spacial score (nSPS) is 10.9. The van der Waals surface area contributed by atoms with Gasteiger partial charge in [0, 0.05) is 6.42 Å². The second kappa shape index (κ2) is 6.39. The molecule has 1 aromatic carbocycles. The summed E-state index contributed by atoms with van der Waals surface area (Å²) in [7, 11) is 0. The Morgan fingerprint density at radius 3 is 2.86 bits per heavy atom. The van der Waals surface area contributed by atoms with Crippen molar-refractivity contribution in [2.45, 2.75) is 33.8 Å². The molecule has 1 N–H and O–H groups in total. The number of hydrogen-bond donors (Lipinski definition) is 1. The lowest BCUT2D eigenvalue weighted by atomic mass is 10.1. The van der Waals surface area contributed by atoms with Gasteiger partial charge >= 0.3 is 5.97 Å². The molecule has 0 unspecified atom stereocenters. The summed E-state index contributed by atoms with van der Waals surface area (Å²) in [5, 5.41) is 12.9. The standard InChI is InChI=1S/C15H18N2O4/c1-9(2)6-13-16-14(21-17-13)8-20-12-7-11(15(18)19)5-4-10(12)3/h4-5,7,9H,6,8H2,1-3H3,(H,18,19). The van der Waals surface area contributed by atoms with E-state index in [9.17, 15) is 4.79 Å². The highest BCUT2D eigenvalue weighted by Gasteiger charge is 2.11. The van der Waals surface area contributed by atoms with Crippen LogP contribution in [0.4, 0.5) is 0 Å². The highest BCUT2D eigenvalue weighted by atomic mass is 16.5. The predicted molar refractivity (Wildman–Crippen MR) is 75.3 cm³/mol. The van der Waals surface area contributed by atoms with Gasteiger partial charge in [0.05, 0.1) is 5.56 Å². The summed E-state index contributed by atoms with van der Waals surface area (Å²) in [6, 6.07) is 4.73. The Morgan fingerprint density at radius 1 is 1.43 bits per heavy atom. The SMILES string of the molecule is Cc1ccc(C(=O)O)cc1OCc1nc(CC(C)C)no1. The first-order valence-electron chi connectivity index (χ1n) is 6.74. The third-order valence-corrected chi connectivity index (χ3v) is 2.89. The van der Waals surface area contributed by atoms with Crippen molar-refractivity contribution in [3.63, 3.8) is 0 Å². The van der Waals surface area contributed by atoms with Crippen molar-refractivity contribution in [1.29, 1.82) is 0 Å². The Balaban J connectivity index is 2.04. The summed E-state index contributed by atoms with van der Waals surface area (Å²) in [5.41, 5.74) is 1.03. The van der Waals surface area contributed by atoms with Crippen LogP contribution in [0.5, 0.6) is 5.75 Å². The zero-order valence-electron chi connectivity index (χ0n) is 12.3. The molecule has 0 saturated heterocycles. The fraction of sp³-hybridized carbons (Fsp3) is 0.400. The summed E-state index contributed by atoms with van der Waals surface area (Å²) in [6.07, 6.45) is 0.747. The third-order valence-electron chi connectivity index (χ3n) is 2.89. The van der Waals surface area contributed by atoms with E-state index in [4.69, 9.17) is 14.4 Å². The van der Waals surface area contributed by atoms with E-state index in [1.54, 1.807) is 6.07 Å². The van der Waals surface area contributed by atoms with Gasteiger partial charge in [-0.25, -0.2) is 4.79 Å². The summed E-state index contributed by atoms with van der Waals surface area (Å²) in [6.45, 7) is 6.12. The number of aryl methyl sites for hydroxylation is 1. The zero-order chi connectivity index (χ0) is 15.4. The Kier molecular flexibility index (Phi) is 4.57. The smallest absolute Gasteiger partial charge is 0.335 e. The maximum absolute atomic E-state index is 10.9. The molecule has 0 bridgehead atoms. The second-order valence-electron chi connectivity index (χ2n) is 5.28. The molecule has 112 valence electrons. The summed E-state index contributed by atoms with van der Waals surface area (Å²) >= 11 is 0. The lowest BCUT2D eigenvalue weighted by Crippen LogP contribution is -2.01. The Morgan fingerprint density at radius 2 is 2.19 bits per heavy atom. The van der Waals surface area contributed by atoms with Crippen LogP contribution in [0.15, 0.2) is 22.7 Å². The number of aromatic carboxylic acids is 1. The molecule has 0 aliphatic carbocycles. The van der Waals surface area contributed by atoms with E-state index in [-0.39, 0.29) is 12.2 Å². The van der Waals surface area contributed by atoms with Gasteiger partial charge in [0.1, 0.15) is 5.75 Å². The van der Waals surface area contributed by atoms with Crippen LogP contribution in [0, 0.1) is 12.8 Å². The third kappa shape index (κ3) is 4.05. The summed E-state index contributed by atoms with van der Waals surface area (Å²) in [5.74, 6) is 0.992. The van der Waals surface area contributed by atoms with Crippen molar-refractivity contribution < 1.29 is 19.2 Å². The summed E-state index contributed by atoms with van der Waals surface area (Å²) in [4.78, 5) is 15.2. The molecule has 2 aromatic rings. The number of benzene rings is 1. The molecule has 0 radical (unpaired) electrons. The largest absolute Gasteiger partial charge is 0.483 e. The molecule has 0 saturated carbocycles. The van der Waals surface area contributed by atoms with Gasteiger partial charge in [-0.3, -0.25) is 0 Å². The van der Waals surface area contributed by atoms with Gasteiger partial charge in [-0.15, -0.1) is 0 Å². The highest BCUT2D eigenvalue weighted by Crippen LogP contribution is 2.20. The van der Waals surface area contributed by atoms with Gasteiger partial charge in [0.15, 0.2) is 12.4 Å². The number of hydrogen-bond acceptors (Lipinski definition) is 5. The fourth-order valence-electron chi connectivity index (χ4n) is 1.82. The van der Waals surface area contributed by atoms with E-state index in [0.29, 0.717) is 23.4 Å². The highest BCUT2D eigenvalue weighted by molar-refractivity contribution is 5.88. The molecule has 0 aliphatic heterocycles. The van der Waals surface area contributed by atoms with Crippen molar-refractivity contribution in [1.82, 2.24) is 10.1 Å². The minimum atomic E-state index is -0.989. The quantitative estimate of drug-likeness (QED) is 0.880. The van der Waals surface area contributed by atoms with Crippen molar-refractivity contribution >= 4 is 5.97 Å². The fourth-order valence-corrected chi connectivity index (χ4v) is 1.82. The van der Waals surface area contributed by atoms with E-state index in [1.807, 2.05) is 6.92 Å². The Hall–Kier alpha value is -2.37. The van der Waals surface area contributed by atoms with Crippen LogP contribution in [0.1, 0.15) is 41.5 Å². The molecule has 0 amide bonds. The first-order chi connectivity index (χ1) is 9.95. The molecule has 21 heavy (non-hydrogen) atoms.